The predicted molar refractivity (Wildman–Crippen MR) is 122 cm³/mol. The Morgan fingerprint density at radius 1 is 0.967 bits per heavy atom. The van der Waals surface area contributed by atoms with E-state index in [0.29, 0.717) is 23.3 Å². The molecule has 4 nitrogen and oxygen atoms in total. The maximum atomic E-state index is 13.3. The third kappa shape index (κ3) is 4.85. The van der Waals surface area contributed by atoms with Gasteiger partial charge in [-0.05, 0) is 30.2 Å². The summed E-state index contributed by atoms with van der Waals surface area (Å²) in [6.45, 7) is 6.05. The highest BCUT2D eigenvalue weighted by Crippen LogP contribution is 2.38. The lowest BCUT2D eigenvalue weighted by molar-refractivity contribution is -0.140. The zero-order chi connectivity index (χ0) is 21.5. The second-order valence-electron chi connectivity index (χ2n) is 7.06. The smallest absolute Gasteiger partial charge is 0.337 e. The first-order valence-corrected chi connectivity index (χ1v) is 11.2. The maximum absolute atomic E-state index is 13.3. The van der Waals surface area contributed by atoms with E-state index in [-0.39, 0.29) is 17.6 Å². The first-order valence-electron chi connectivity index (χ1n) is 10.2. The molecule has 1 aliphatic heterocycles. The van der Waals surface area contributed by atoms with Crippen LogP contribution in [0, 0.1) is 5.92 Å². The number of benzene rings is 2. The highest BCUT2D eigenvalue weighted by Gasteiger charge is 2.36. The average Bonchev–Trinajstić information content (AvgIpc) is 2.78. The van der Waals surface area contributed by atoms with Gasteiger partial charge in [0.15, 0.2) is 0 Å². The van der Waals surface area contributed by atoms with Crippen molar-refractivity contribution in [2.24, 2.45) is 5.92 Å². The summed E-state index contributed by atoms with van der Waals surface area (Å²) in [6.07, 6.45) is 0.635. The number of ether oxygens (including phenoxy) is 1. The molecule has 156 valence electrons. The van der Waals surface area contributed by atoms with Gasteiger partial charge in [-0.25, -0.2) is 4.79 Å². The zero-order valence-corrected chi connectivity index (χ0v) is 18.4. The number of carbonyl (C=O) groups is 2. The van der Waals surface area contributed by atoms with Crippen LogP contribution in [-0.4, -0.2) is 16.8 Å². The van der Waals surface area contributed by atoms with Gasteiger partial charge in [-0.1, -0.05) is 86.3 Å². The van der Waals surface area contributed by atoms with Crippen LogP contribution in [-0.2, 0) is 20.9 Å². The number of allylic oxidation sites excluding steroid dienone is 1. The minimum atomic E-state index is -0.392. The summed E-state index contributed by atoms with van der Waals surface area (Å²) in [6, 6.07) is 19.3. The van der Waals surface area contributed by atoms with Gasteiger partial charge in [-0.2, -0.15) is 0 Å². The van der Waals surface area contributed by atoms with Crippen LogP contribution < -0.4 is 5.32 Å². The van der Waals surface area contributed by atoms with Crippen LogP contribution in [0.4, 0.5) is 0 Å². The molecule has 0 amide bonds. The van der Waals surface area contributed by atoms with Gasteiger partial charge in [0, 0.05) is 17.2 Å². The predicted octanol–water partition coefficient (Wildman–Crippen LogP) is 5.32. The van der Waals surface area contributed by atoms with Gasteiger partial charge in [-0.3, -0.25) is 4.79 Å². The summed E-state index contributed by atoms with van der Waals surface area (Å²) in [7, 11) is 0. The lowest BCUT2D eigenvalue weighted by atomic mass is 9.82. The molecule has 0 saturated heterocycles. The number of rotatable bonds is 7. The van der Waals surface area contributed by atoms with Crippen LogP contribution in [0.2, 0.25) is 0 Å². The summed E-state index contributed by atoms with van der Waals surface area (Å²) in [4.78, 5) is 26.2. The Labute approximate surface area is 182 Å². The van der Waals surface area contributed by atoms with E-state index < -0.39 is 5.97 Å². The number of thioether (sulfide) groups is 1. The summed E-state index contributed by atoms with van der Waals surface area (Å²) in [5.74, 6) is -0.0117. The number of dihydropyridines is 1. The van der Waals surface area contributed by atoms with Crippen LogP contribution >= 0.6 is 11.8 Å². The van der Waals surface area contributed by atoms with Crippen molar-refractivity contribution in [2.45, 2.75) is 33.8 Å². The first kappa shape index (κ1) is 21.9. The third-order valence-electron chi connectivity index (χ3n) is 5.08. The van der Waals surface area contributed by atoms with Crippen molar-refractivity contribution in [3.8, 4) is 0 Å². The van der Waals surface area contributed by atoms with Gasteiger partial charge >= 0.3 is 5.97 Å². The van der Waals surface area contributed by atoms with Crippen molar-refractivity contribution in [3.05, 3.63) is 88.6 Å². The van der Waals surface area contributed by atoms with Gasteiger partial charge in [-0.15, -0.1) is 0 Å². The second kappa shape index (κ2) is 10.3. The monoisotopic (exact) mass is 421 g/mol. The van der Waals surface area contributed by atoms with E-state index in [1.807, 2.05) is 81.4 Å². The Bertz CT molecular complexity index is 964. The van der Waals surface area contributed by atoms with E-state index in [9.17, 15) is 9.59 Å². The van der Waals surface area contributed by atoms with Crippen molar-refractivity contribution in [1.29, 1.82) is 0 Å². The van der Waals surface area contributed by atoms with Crippen LogP contribution in [0.25, 0.3) is 5.70 Å². The number of nitrogens with one attached hydrogen (secondary N) is 1. The van der Waals surface area contributed by atoms with Crippen LogP contribution in [0.15, 0.2) is 77.5 Å². The topological polar surface area (TPSA) is 55.4 Å². The standard InChI is InChI=1S/C25H27NO3S/c1-4-20-21(25(28)30-5-2)17(3)26-23(19-14-10-7-11-15-19)22(20)24(27)29-16-18-12-8-6-9-13-18/h6-15,20,26H,4-5,16H2,1-3H3/t20-/m0/s1. The molecule has 0 fully saturated rings. The molecule has 0 saturated carbocycles. The van der Waals surface area contributed by atoms with Crippen molar-refractivity contribution < 1.29 is 14.3 Å². The second-order valence-corrected chi connectivity index (χ2v) is 8.30. The molecule has 1 atom stereocenters. The Kier molecular flexibility index (Phi) is 7.52. The average molecular weight is 422 g/mol. The normalized spacial score (nSPS) is 16.3. The lowest BCUT2D eigenvalue weighted by Crippen LogP contribution is -2.32. The Morgan fingerprint density at radius 2 is 1.60 bits per heavy atom. The maximum Gasteiger partial charge on any atom is 0.337 e. The van der Waals surface area contributed by atoms with E-state index in [0.717, 1.165) is 22.5 Å². The summed E-state index contributed by atoms with van der Waals surface area (Å²) >= 11 is 1.27. The van der Waals surface area contributed by atoms with Crippen LogP contribution in [0.5, 0.6) is 0 Å². The van der Waals surface area contributed by atoms with E-state index in [1.54, 1.807) is 0 Å². The third-order valence-corrected chi connectivity index (χ3v) is 5.85. The molecule has 2 aromatic carbocycles. The Morgan fingerprint density at radius 3 is 2.20 bits per heavy atom. The van der Waals surface area contributed by atoms with Crippen LogP contribution in [0.3, 0.4) is 0 Å². The van der Waals surface area contributed by atoms with Gasteiger partial charge in [0.25, 0.3) is 0 Å². The fraction of sp³-hybridized carbons (Fsp3) is 0.280. The minimum Gasteiger partial charge on any atom is -0.457 e. The van der Waals surface area contributed by atoms with Crippen molar-refractivity contribution in [3.63, 3.8) is 0 Å². The van der Waals surface area contributed by atoms with E-state index >= 15 is 0 Å². The molecule has 0 bridgehead atoms. The molecule has 5 heteroatoms. The van der Waals surface area contributed by atoms with E-state index in [4.69, 9.17) is 4.74 Å². The van der Waals surface area contributed by atoms with Gasteiger partial charge in [0.1, 0.15) is 6.61 Å². The fourth-order valence-electron chi connectivity index (χ4n) is 3.69. The number of esters is 1. The highest BCUT2D eigenvalue weighted by molar-refractivity contribution is 8.14. The molecule has 1 aliphatic rings. The molecule has 30 heavy (non-hydrogen) atoms. The molecular formula is C25H27NO3S. The van der Waals surface area contributed by atoms with E-state index in [2.05, 4.69) is 5.32 Å². The Balaban J connectivity index is 2.01. The molecule has 0 aliphatic carbocycles. The highest BCUT2D eigenvalue weighted by atomic mass is 32.2. The molecule has 0 radical (unpaired) electrons. The molecule has 0 spiro atoms. The van der Waals surface area contributed by atoms with Crippen LogP contribution in [0.1, 0.15) is 38.3 Å². The molecule has 1 heterocycles. The van der Waals surface area contributed by atoms with Gasteiger partial charge in [0.05, 0.1) is 11.3 Å². The molecule has 0 aromatic heterocycles. The van der Waals surface area contributed by atoms with Gasteiger partial charge < -0.3 is 10.1 Å². The number of carbonyl (C=O) groups excluding carboxylic acids is 2. The summed E-state index contributed by atoms with van der Waals surface area (Å²) in [5, 5.41) is 3.35. The SMILES string of the molecule is CCSC(=O)C1=C(C)NC(c2ccccc2)=C(C(=O)OCc2ccccc2)[C@H]1CC. The van der Waals surface area contributed by atoms with Gasteiger partial charge in [0.2, 0.25) is 5.12 Å². The Hall–Kier alpha value is -2.79. The zero-order valence-electron chi connectivity index (χ0n) is 17.6. The summed E-state index contributed by atoms with van der Waals surface area (Å²) in [5.41, 5.74) is 4.52. The molecular weight excluding hydrogens is 394 g/mol. The number of hydrogen-bond donors (Lipinski definition) is 1. The minimum absolute atomic E-state index is 0.00909. The summed E-state index contributed by atoms with van der Waals surface area (Å²) < 4.78 is 5.70. The molecule has 0 unspecified atom stereocenters. The lowest BCUT2D eigenvalue weighted by Gasteiger charge is -2.31. The first-order chi connectivity index (χ1) is 14.6. The molecule has 3 rings (SSSR count). The largest absolute Gasteiger partial charge is 0.457 e. The molecule has 2 aromatic rings. The van der Waals surface area contributed by atoms with Crippen molar-refractivity contribution in [1.82, 2.24) is 5.32 Å². The fourth-order valence-corrected chi connectivity index (χ4v) is 4.41. The van der Waals surface area contributed by atoms with Crippen molar-refractivity contribution in [2.75, 3.05) is 5.75 Å². The van der Waals surface area contributed by atoms with E-state index in [1.165, 1.54) is 11.8 Å². The number of hydrogen-bond acceptors (Lipinski definition) is 5. The quantitative estimate of drug-likeness (QED) is 0.613. The molecule has 1 N–H and O–H groups in total. The van der Waals surface area contributed by atoms with Crippen molar-refractivity contribution >= 4 is 28.5 Å².